The Labute approximate surface area is 110 Å². The van der Waals surface area contributed by atoms with E-state index in [0.29, 0.717) is 5.92 Å². The van der Waals surface area contributed by atoms with Crippen molar-refractivity contribution in [2.75, 3.05) is 0 Å². The summed E-state index contributed by atoms with van der Waals surface area (Å²) in [5.41, 5.74) is 3.29. The van der Waals surface area contributed by atoms with Gasteiger partial charge in [0.25, 0.3) is 0 Å². The van der Waals surface area contributed by atoms with Crippen molar-refractivity contribution in [2.45, 2.75) is 26.7 Å². The normalized spacial score (nSPS) is 11.6. The van der Waals surface area contributed by atoms with Gasteiger partial charge in [-0.3, -0.25) is 0 Å². The molecule has 2 heterocycles. The average Bonchev–Trinajstić information content (AvgIpc) is 2.91. The fourth-order valence-electron chi connectivity index (χ4n) is 1.97. The van der Waals surface area contributed by atoms with E-state index >= 15 is 0 Å². The Morgan fingerprint density at radius 3 is 2.50 bits per heavy atom. The topological polar surface area (TPSA) is 30.2 Å². The second kappa shape index (κ2) is 4.21. The van der Waals surface area contributed by atoms with Crippen molar-refractivity contribution in [1.82, 2.24) is 14.6 Å². The first-order chi connectivity index (χ1) is 8.66. The quantitative estimate of drug-likeness (QED) is 0.697. The zero-order chi connectivity index (χ0) is 12.7. The number of hydrogen-bond acceptors (Lipinski definition) is 3. The van der Waals surface area contributed by atoms with E-state index in [2.05, 4.69) is 38.0 Å². The van der Waals surface area contributed by atoms with Crippen LogP contribution in [0.25, 0.3) is 16.2 Å². The lowest BCUT2D eigenvalue weighted by molar-refractivity contribution is 0.793. The van der Waals surface area contributed by atoms with Gasteiger partial charge in [0.2, 0.25) is 4.96 Å². The Hall–Kier alpha value is -1.68. The van der Waals surface area contributed by atoms with Gasteiger partial charge in [0.05, 0.1) is 11.4 Å². The predicted molar refractivity (Wildman–Crippen MR) is 75.1 cm³/mol. The van der Waals surface area contributed by atoms with E-state index < -0.39 is 0 Å². The summed E-state index contributed by atoms with van der Waals surface area (Å²) in [5, 5.41) is 5.77. The molecule has 0 unspecified atom stereocenters. The molecule has 1 aromatic carbocycles. The molecule has 0 aliphatic rings. The van der Waals surface area contributed by atoms with Gasteiger partial charge in [-0.15, -0.1) is 0 Å². The minimum Gasteiger partial charge on any atom is -0.217 e. The molecule has 0 bridgehead atoms. The van der Waals surface area contributed by atoms with Crippen LogP contribution in [0.2, 0.25) is 0 Å². The molecule has 0 aliphatic carbocycles. The van der Waals surface area contributed by atoms with Crippen LogP contribution in [0.1, 0.15) is 30.5 Å². The number of aromatic nitrogens is 3. The Kier molecular flexibility index (Phi) is 2.67. The van der Waals surface area contributed by atoms with Crippen LogP contribution in [0.4, 0.5) is 0 Å². The molecule has 3 nitrogen and oxygen atoms in total. The highest BCUT2D eigenvalue weighted by Crippen LogP contribution is 2.28. The lowest BCUT2D eigenvalue weighted by atomic mass is 10.1. The number of hydrogen-bond donors (Lipinski definition) is 0. The summed E-state index contributed by atoms with van der Waals surface area (Å²) < 4.78 is 1.96. The first-order valence-corrected chi connectivity index (χ1v) is 6.90. The Morgan fingerprint density at radius 1 is 1.17 bits per heavy atom. The van der Waals surface area contributed by atoms with Crippen LogP contribution in [0.15, 0.2) is 30.3 Å². The number of rotatable bonds is 2. The highest BCUT2D eigenvalue weighted by Gasteiger charge is 2.15. The van der Waals surface area contributed by atoms with E-state index in [9.17, 15) is 0 Å². The molecule has 4 heteroatoms. The standard InChI is InChI=1S/C14H15N3S/c1-9(2)13-16-17-10(3)12(15-14(17)18-13)11-7-5-4-6-8-11/h4-9H,1-3H3. The number of imidazole rings is 1. The third-order valence-electron chi connectivity index (χ3n) is 2.98. The molecule has 0 saturated heterocycles. The maximum Gasteiger partial charge on any atom is 0.212 e. The van der Waals surface area contributed by atoms with E-state index in [1.807, 2.05) is 22.7 Å². The molecular formula is C14H15N3S. The molecule has 0 radical (unpaired) electrons. The Balaban J connectivity index is 2.16. The van der Waals surface area contributed by atoms with Crippen molar-refractivity contribution >= 4 is 16.3 Å². The fraction of sp³-hybridized carbons (Fsp3) is 0.286. The summed E-state index contributed by atoms with van der Waals surface area (Å²) in [5.74, 6) is 0.455. The first kappa shape index (κ1) is 11.4. The summed E-state index contributed by atoms with van der Waals surface area (Å²) in [6.07, 6.45) is 0. The van der Waals surface area contributed by atoms with Gasteiger partial charge < -0.3 is 0 Å². The molecule has 2 aromatic heterocycles. The van der Waals surface area contributed by atoms with Gasteiger partial charge in [0.1, 0.15) is 5.01 Å². The van der Waals surface area contributed by atoms with Crippen LogP contribution >= 0.6 is 11.3 Å². The highest BCUT2D eigenvalue weighted by molar-refractivity contribution is 7.16. The van der Waals surface area contributed by atoms with E-state index in [-0.39, 0.29) is 0 Å². The van der Waals surface area contributed by atoms with Crippen LogP contribution in [0.3, 0.4) is 0 Å². The maximum absolute atomic E-state index is 4.70. The Morgan fingerprint density at radius 2 is 1.89 bits per heavy atom. The van der Waals surface area contributed by atoms with Gasteiger partial charge >= 0.3 is 0 Å². The number of nitrogens with zero attached hydrogens (tertiary/aromatic N) is 3. The van der Waals surface area contributed by atoms with Crippen molar-refractivity contribution in [3.8, 4) is 11.3 Å². The number of fused-ring (bicyclic) bond motifs is 1. The lowest BCUT2D eigenvalue weighted by Gasteiger charge is -1.99. The Bertz CT molecular complexity index is 680. The fourth-order valence-corrected chi connectivity index (χ4v) is 2.91. The molecule has 0 fully saturated rings. The minimum atomic E-state index is 0.455. The van der Waals surface area contributed by atoms with Crippen LogP contribution in [-0.4, -0.2) is 14.6 Å². The second-order valence-corrected chi connectivity index (χ2v) is 5.69. The molecule has 0 spiro atoms. The minimum absolute atomic E-state index is 0.455. The third-order valence-corrected chi connectivity index (χ3v) is 4.19. The smallest absolute Gasteiger partial charge is 0.212 e. The zero-order valence-corrected chi connectivity index (χ0v) is 11.5. The van der Waals surface area contributed by atoms with Crippen molar-refractivity contribution in [3.05, 3.63) is 41.0 Å². The summed E-state index contributed by atoms with van der Waals surface area (Å²) in [7, 11) is 0. The van der Waals surface area contributed by atoms with Crippen molar-refractivity contribution in [1.29, 1.82) is 0 Å². The molecule has 0 aliphatic heterocycles. The third kappa shape index (κ3) is 1.73. The van der Waals surface area contributed by atoms with Gasteiger partial charge in [-0.05, 0) is 6.92 Å². The van der Waals surface area contributed by atoms with Crippen molar-refractivity contribution in [3.63, 3.8) is 0 Å². The molecule has 0 saturated carbocycles. The van der Waals surface area contributed by atoms with Gasteiger partial charge in [-0.1, -0.05) is 55.5 Å². The molecule has 92 valence electrons. The van der Waals surface area contributed by atoms with Gasteiger partial charge in [0, 0.05) is 11.5 Å². The molecule has 3 rings (SSSR count). The first-order valence-electron chi connectivity index (χ1n) is 6.08. The van der Waals surface area contributed by atoms with Gasteiger partial charge in [-0.2, -0.15) is 5.10 Å². The maximum atomic E-state index is 4.70. The number of benzene rings is 1. The van der Waals surface area contributed by atoms with E-state index in [4.69, 9.17) is 4.98 Å². The number of aryl methyl sites for hydroxylation is 1. The summed E-state index contributed by atoms with van der Waals surface area (Å²) in [4.78, 5) is 5.69. The van der Waals surface area contributed by atoms with Crippen molar-refractivity contribution < 1.29 is 0 Å². The molecule has 18 heavy (non-hydrogen) atoms. The summed E-state index contributed by atoms with van der Waals surface area (Å²) in [6, 6.07) is 10.3. The van der Waals surface area contributed by atoms with E-state index in [0.717, 1.165) is 26.9 Å². The highest BCUT2D eigenvalue weighted by atomic mass is 32.1. The second-order valence-electron chi connectivity index (χ2n) is 4.70. The lowest BCUT2D eigenvalue weighted by Crippen LogP contribution is -1.92. The van der Waals surface area contributed by atoms with E-state index in [1.54, 1.807) is 11.3 Å². The molecule has 0 N–H and O–H groups in total. The van der Waals surface area contributed by atoms with Crippen molar-refractivity contribution in [2.24, 2.45) is 0 Å². The molecular weight excluding hydrogens is 242 g/mol. The molecule has 0 amide bonds. The van der Waals surface area contributed by atoms with E-state index in [1.165, 1.54) is 0 Å². The van der Waals surface area contributed by atoms with Crippen LogP contribution < -0.4 is 0 Å². The SMILES string of the molecule is Cc1c(-c2ccccc2)nc2sc(C(C)C)nn12. The average molecular weight is 257 g/mol. The summed E-state index contributed by atoms with van der Waals surface area (Å²) >= 11 is 1.68. The molecule has 3 aromatic rings. The van der Waals surface area contributed by atoms with Gasteiger partial charge in [0.15, 0.2) is 0 Å². The van der Waals surface area contributed by atoms with Gasteiger partial charge in [-0.25, -0.2) is 9.50 Å². The monoisotopic (exact) mass is 257 g/mol. The van der Waals surface area contributed by atoms with Crippen LogP contribution in [0, 0.1) is 6.92 Å². The largest absolute Gasteiger partial charge is 0.217 e. The predicted octanol–water partition coefficient (Wildman–Crippen LogP) is 3.89. The molecule has 0 atom stereocenters. The zero-order valence-electron chi connectivity index (χ0n) is 10.7. The van der Waals surface area contributed by atoms with Crippen LogP contribution in [0.5, 0.6) is 0 Å². The van der Waals surface area contributed by atoms with Crippen LogP contribution in [-0.2, 0) is 0 Å². The summed E-state index contributed by atoms with van der Waals surface area (Å²) in [6.45, 7) is 6.39.